The van der Waals surface area contributed by atoms with Gasteiger partial charge in [0, 0.05) is 11.1 Å². The number of hydrogen-bond acceptors (Lipinski definition) is 9. The molecule has 2 N–H and O–H groups in total. The Labute approximate surface area is 160 Å². The van der Waals surface area contributed by atoms with Gasteiger partial charge in [0.15, 0.2) is 0 Å². The molecule has 0 saturated heterocycles. The van der Waals surface area contributed by atoms with Crippen molar-refractivity contribution >= 4 is 11.9 Å². The van der Waals surface area contributed by atoms with E-state index >= 15 is 0 Å². The Bertz CT molecular complexity index is 383. The second kappa shape index (κ2) is 20.5. The SMILES string of the molecule is C=C(C)C(=O)OCCOCCOC(=O)C(=C)C.OCCOCCOCCO. The predicted molar refractivity (Wildman–Crippen MR) is 98.2 cm³/mol. The average molecular weight is 392 g/mol. The number of aliphatic hydroxyl groups excluding tert-OH is 2. The highest BCUT2D eigenvalue weighted by Gasteiger charge is 2.03. The topological polar surface area (TPSA) is 121 Å². The van der Waals surface area contributed by atoms with Crippen molar-refractivity contribution < 1.29 is 43.5 Å². The van der Waals surface area contributed by atoms with Crippen molar-refractivity contribution in [2.45, 2.75) is 13.8 Å². The van der Waals surface area contributed by atoms with E-state index in [2.05, 4.69) is 13.2 Å². The van der Waals surface area contributed by atoms with Crippen LogP contribution in [0.25, 0.3) is 0 Å². The minimum absolute atomic E-state index is 0.0417. The maximum atomic E-state index is 10.9. The maximum absolute atomic E-state index is 10.9. The molecule has 0 atom stereocenters. The number of carbonyl (C=O) groups is 2. The lowest BCUT2D eigenvalue weighted by molar-refractivity contribution is -0.141. The van der Waals surface area contributed by atoms with E-state index in [1.165, 1.54) is 0 Å². The van der Waals surface area contributed by atoms with E-state index in [0.717, 1.165) is 0 Å². The molecule has 0 spiro atoms. The third-order valence-electron chi connectivity index (χ3n) is 2.46. The number of ether oxygens (including phenoxy) is 5. The van der Waals surface area contributed by atoms with Gasteiger partial charge in [-0.05, 0) is 13.8 Å². The molecule has 9 nitrogen and oxygen atoms in total. The van der Waals surface area contributed by atoms with E-state index in [4.69, 9.17) is 33.9 Å². The molecule has 9 heteroatoms. The van der Waals surface area contributed by atoms with E-state index < -0.39 is 11.9 Å². The first-order chi connectivity index (χ1) is 12.9. The Balaban J connectivity index is 0. The minimum Gasteiger partial charge on any atom is -0.460 e. The standard InChI is InChI=1S/C12H18O5.C6H14O4/c1-9(2)11(13)16-7-5-15-6-8-17-12(14)10(3)4;7-1-3-9-5-6-10-4-2-8/h1,3,5-8H2,2,4H3;7-8H,1-6H2. The fourth-order valence-corrected chi connectivity index (χ4v) is 1.19. The van der Waals surface area contributed by atoms with Gasteiger partial charge in [0.25, 0.3) is 0 Å². The quantitative estimate of drug-likeness (QED) is 0.229. The van der Waals surface area contributed by atoms with E-state index in [9.17, 15) is 9.59 Å². The van der Waals surface area contributed by atoms with Crippen LogP contribution in [0.2, 0.25) is 0 Å². The van der Waals surface area contributed by atoms with Gasteiger partial charge in [-0.3, -0.25) is 0 Å². The molecule has 0 aromatic rings. The van der Waals surface area contributed by atoms with Crippen molar-refractivity contribution in [3.05, 3.63) is 24.3 Å². The van der Waals surface area contributed by atoms with Gasteiger partial charge in [-0.15, -0.1) is 0 Å². The molecule has 0 aromatic heterocycles. The third-order valence-corrected chi connectivity index (χ3v) is 2.46. The monoisotopic (exact) mass is 392 g/mol. The van der Waals surface area contributed by atoms with Crippen LogP contribution in [0.5, 0.6) is 0 Å². The van der Waals surface area contributed by atoms with Gasteiger partial charge in [-0.25, -0.2) is 9.59 Å². The average Bonchev–Trinajstić information content (AvgIpc) is 2.63. The Kier molecular flexibility index (Phi) is 20.9. The number of carbonyl (C=O) groups excluding carboxylic acids is 2. The summed E-state index contributed by atoms with van der Waals surface area (Å²) in [5, 5.41) is 16.5. The molecule has 0 aliphatic rings. The lowest BCUT2D eigenvalue weighted by atomic mass is 10.4. The van der Waals surface area contributed by atoms with E-state index in [-0.39, 0.29) is 39.6 Å². The maximum Gasteiger partial charge on any atom is 0.333 e. The van der Waals surface area contributed by atoms with Crippen molar-refractivity contribution in [2.24, 2.45) is 0 Å². The number of rotatable bonds is 15. The lowest BCUT2D eigenvalue weighted by Crippen LogP contribution is -2.14. The molecule has 158 valence electrons. The van der Waals surface area contributed by atoms with Crippen LogP contribution >= 0.6 is 0 Å². The summed E-state index contributed by atoms with van der Waals surface area (Å²) in [4.78, 5) is 21.9. The van der Waals surface area contributed by atoms with Crippen molar-refractivity contribution in [2.75, 3.05) is 66.1 Å². The summed E-state index contributed by atoms with van der Waals surface area (Å²) in [5.41, 5.74) is 0.695. The highest BCUT2D eigenvalue weighted by Crippen LogP contribution is 1.93. The summed E-state index contributed by atoms with van der Waals surface area (Å²) in [6, 6.07) is 0. The fraction of sp³-hybridized carbons (Fsp3) is 0.667. The predicted octanol–water partition coefficient (Wildman–Crippen LogP) is 0.246. The fourth-order valence-electron chi connectivity index (χ4n) is 1.19. The second-order valence-electron chi connectivity index (χ2n) is 5.12. The smallest absolute Gasteiger partial charge is 0.333 e. The Hall–Kier alpha value is -1.78. The summed E-state index contributed by atoms with van der Waals surface area (Å²) in [6.45, 7) is 12.6. The zero-order valence-electron chi connectivity index (χ0n) is 16.2. The van der Waals surface area contributed by atoms with Gasteiger partial charge < -0.3 is 33.9 Å². The Morgan fingerprint density at radius 2 is 0.926 bits per heavy atom. The molecule has 0 saturated carbocycles. The van der Waals surface area contributed by atoms with Crippen LogP contribution in [-0.2, 0) is 33.3 Å². The molecular weight excluding hydrogens is 360 g/mol. The van der Waals surface area contributed by atoms with Crippen molar-refractivity contribution in [3.8, 4) is 0 Å². The number of aliphatic hydroxyl groups is 2. The van der Waals surface area contributed by atoms with Crippen LogP contribution in [0.1, 0.15) is 13.8 Å². The first-order valence-electron chi connectivity index (χ1n) is 8.47. The molecule has 0 unspecified atom stereocenters. The van der Waals surface area contributed by atoms with Crippen LogP contribution in [-0.4, -0.2) is 88.2 Å². The summed E-state index contributed by atoms with van der Waals surface area (Å²) in [5.74, 6) is -0.885. The van der Waals surface area contributed by atoms with Crippen molar-refractivity contribution in [3.63, 3.8) is 0 Å². The number of hydrogen-bond donors (Lipinski definition) is 2. The first kappa shape index (κ1) is 27.4. The molecule has 0 fully saturated rings. The normalized spacial score (nSPS) is 9.78. The summed E-state index contributed by atoms with van der Waals surface area (Å²) in [6.07, 6.45) is 0. The van der Waals surface area contributed by atoms with Gasteiger partial charge in [0.05, 0.1) is 52.9 Å². The van der Waals surface area contributed by atoms with Crippen LogP contribution in [0.15, 0.2) is 24.3 Å². The third kappa shape index (κ3) is 22.2. The van der Waals surface area contributed by atoms with Crippen LogP contribution in [0.4, 0.5) is 0 Å². The first-order valence-corrected chi connectivity index (χ1v) is 8.47. The minimum atomic E-state index is -0.442. The molecule has 0 aliphatic carbocycles. The van der Waals surface area contributed by atoms with Crippen LogP contribution in [0, 0.1) is 0 Å². The summed E-state index contributed by atoms with van der Waals surface area (Å²) >= 11 is 0. The summed E-state index contributed by atoms with van der Waals surface area (Å²) in [7, 11) is 0. The zero-order valence-corrected chi connectivity index (χ0v) is 16.2. The van der Waals surface area contributed by atoms with Gasteiger partial charge >= 0.3 is 11.9 Å². The van der Waals surface area contributed by atoms with Gasteiger partial charge in [-0.1, -0.05) is 13.2 Å². The van der Waals surface area contributed by atoms with Crippen LogP contribution in [0.3, 0.4) is 0 Å². The zero-order chi connectivity index (χ0) is 20.9. The molecule has 0 radical (unpaired) electrons. The van der Waals surface area contributed by atoms with Gasteiger partial charge in [0.2, 0.25) is 0 Å². The largest absolute Gasteiger partial charge is 0.460 e. The van der Waals surface area contributed by atoms with Crippen molar-refractivity contribution in [1.82, 2.24) is 0 Å². The van der Waals surface area contributed by atoms with E-state index in [1.807, 2.05) is 0 Å². The molecule has 0 heterocycles. The van der Waals surface area contributed by atoms with Gasteiger partial charge in [0.1, 0.15) is 13.2 Å². The molecule has 0 bridgehead atoms. The second-order valence-corrected chi connectivity index (χ2v) is 5.12. The molecule has 0 rings (SSSR count). The number of esters is 2. The van der Waals surface area contributed by atoms with Gasteiger partial charge in [-0.2, -0.15) is 0 Å². The highest BCUT2D eigenvalue weighted by molar-refractivity contribution is 5.87. The molecular formula is C18H32O9. The molecule has 0 aliphatic heterocycles. The summed E-state index contributed by atoms with van der Waals surface area (Å²) < 4.78 is 24.4. The Morgan fingerprint density at radius 1 is 0.630 bits per heavy atom. The Morgan fingerprint density at radius 3 is 1.22 bits per heavy atom. The molecule has 27 heavy (non-hydrogen) atoms. The molecule has 0 aromatic carbocycles. The lowest BCUT2D eigenvalue weighted by Gasteiger charge is -2.06. The highest BCUT2D eigenvalue weighted by atomic mass is 16.6. The molecule has 0 amide bonds. The van der Waals surface area contributed by atoms with Crippen molar-refractivity contribution in [1.29, 1.82) is 0 Å². The van der Waals surface area contributed by atoms with E-state index in [1.54, 1.807) is 13.8 Å². The van der Waals surface area contributed by atoms with E-state index in [0.29, 0.717) is 37.6 Å². The van der Waals surface area contributed by atoms with Crippen LogP contribution < -0.4 is 0 Å².